The normalized spacial score (nSPS) is 13.4. The molecule has 0 amide bonds. The van der Waals surface area contributed by atoms with Crippen LogP contribution in [0.1, 0.15) is 27.7 Å². The second kappa shape index (κ2) is 6.19. The molecule has 0 aliphatic heterocycles. The van der Waals surface area contributed by atoms with Gasteiger partial charge in [0.1, 0.15) is 5.82 Å². The van der Waals surface area contributed by atoms with Crippen molar-refractivity contribution in [2.45, 2.75) is 33.7 Å². The Morgan fingerprint density at radius 3 is 2.44 bits per heavy atom. The topological polar surface area (TPSA) is 15.3 Å². The largest absolute Gasteiger partial charge is 0.369 e. The third-order valence-corrected chi connectivity index (χ3v) is 3.78. The molecule has 0 bridgehead atoms. The minimum atomic E-state index is -0.146. The summed E-state index contributed by atoms with van der Waals surface area (Å²) >= 11 is 0. The summed E-state index contributed by atoms with van der Waals surface area (Å²) in [5.74, 6) is -0.146. The van der Waals surface area contributed by atoms with Gasteiger partial charge >= 0.3 is 0 Å². The van der Waals surface area contributed by atoms with Gasteiger partial charge in [-0.1, -0.05) is 26.0 Å². The van der Waals surface area contributed by atoms with E-state index in [1.807, 2.05) is 19.2 Å². The molecule has 1 N–H and O–H groups in total. The zero-order valence-electron chi connectivity index (χ0n) is 12.1. The van der Waals surface area contributed by atoms with E-state index in [4.69, 9.17) is 0 Å². The Kier molecular flexibility index (Phi) is 5.15. The van der Waals surface area contributed by atoms with Crippen LogP contribution in [0.5, 0.6) is 0 Å². The lowest BCUT2D eigenvalue weighted by molar-refractivity contribution is 0.272. The molecule has 1 atom stereocenters. The SMILES string of the molecule is CCN(CC(C)(C)C(C)NC)c1ccccc1F. The first kappa shape index (κ1) is 15.0. The predicted molar refractivity (Wildman–Crippen MR) is 76.6 cm³/mol. The maximum atomic E-state index is 13.8. The van der Waals surface area contributed by atoms with Gasteiger partial charge in [-0.05, 0) is 38.4 Å². The molecule has 0 saturated heterocycles. The summed E-state index contributed by atoms with van der Waals surface area (Å²) in [6.07, 6.45) is 0. The number of para-hydroxylation sites is 1. The van der Waals surface area contributed by atoms with Gasteiger partial charge < -0.3 is 10.2 Å². The van der Waals surface area contributed by atoms with Gasteiger partial charge in [0.2, 0.25) is 0 Å². The van der Waals surface area contributed by atoms with Crippen LogP contribution in [0.3, 0.4) is 0 Å². The molecule has 18 heavy (non-hydrogen) atoms. The molecule has 102 valence electrons. The predicted octanol–water partition coefficient (Wildman–Crippen LogP) is 3.29. The smallest absolute Gasteiger partial charge is 0.146 e. The number of rotatable bonds is 6. The van der Waals surface area contributed by atoms with E-state index in [9.17, 15) is 4.39 Å². The third-order valence-electron chi connectivity index (χ3n) is 3.78. The Morgan fingerprint density at radius 1 is 1.33 bits per heavy atom. The van der Waals surface area contributed by atoms with Gasteiger partial charge in [0.25, 0.3) is 0 Å². The van der Waals surface area contributed by atoms with Crippen LogP contribution in [0.2, 0.25) is 0 Å². The Hall–Kier alpha value is -1.09. The number of hydrogen-bond acceptors (Lipinski definition) is 2. The van der Waals surface area contributed by atoms with Crippen LogP contribution in [0, 0.1) is 11.2 Å². The maximum absolute atomic E-state index is 13.8. The van der Waals surface area contributed by atoms with Gasteiger partial charge in [-0.2, -0.15) is 0 Å². The number of nitrogens with one attached hydrogen (secondary N) is 1. The van der Waals surface area contributed by atoms with Crippen molar-refractivity contribution in [3.05, 3.63) is 30.1 Å². The quantitative estimate of drug-likeness (QED) is 0.836. The van der Waals surface area contributed by atoms with Gasteiger partial charge in [0, 0.05) is 19.1 Å². The summed E-state index contributed by atoms with van der Waals surface area (Å²) in [6, 6.07) is 7.35. The highest BCUT2D eigenvalue weighted by Crippen LogP contribution is 2.26. The molecule has 0 aliphatic carbocycles. The fourth-order valence-electron chi connectivity index (χ4n) is 2.10. The number of hydrogen-bond donors (Lipinski definition) is 1. The Balaban J connectivity index is 2.89. The van der Waals surface area contributed by atoms with Gasteiger partial charge in [-0.15, -0.1) is 0 Å². The van der Waals surface area contributed by atoms with Crippen LogP contribution in [0.15, 0.2) is 24.3 Å². The van der Waals surface area contributed by atoms with E-state index in [-0.39, 0.29) is 11.2 Å². The fourth-order valence-corrected chi connectivity index (χ4v) is 2.10. The summed E-state index contributed by atoms with van der Waals surface area (Å²) in [5.41, 5.74) is 0.768. The summed E-state index contributed by atoms with van der Waals surface area (Å²) in [4.78, 5) is 2.10. The van der Waals surface area contributed by atoms with E-state index < -0.39 is 0 Å². The van der Waals surface area contributed by atoms with Gasteiger partial charge in [0.15, 0.2) is 0 Å². The molecule has 0 aromatic heterocycles. The van der Waals surface area contributed by atoms with Crippen molar-refractivity contribution in [1.29, 1.82) is 0 Å². The second-order valence-electron chi connectivity index (χ2n) is 5.46. The molecule has 1 unspecified atom stereocenters. The number of anilines is 1. The standard InChI is InChI=1S/C15H25FN2/c1-6-18(11-15(3,4)12(2)17-5)14-10-8-7-9-13(14)16/h7-10,12,17H,6,11H2,1-5H3. The number of benzene rings is 1. The first-order chi connectivity index (χ1) is 8.42. The lowest BCUT2D eigenvalue weighted by atomic mass is 9.84. The van der Waals surface area contributed by atoms with Gasteiger partial charge in [-0.25, -0.2) is 4.39 Å². The lowest BCUT2D eigenvalue weighted by Gasteiger charge is -2.37. The van der Waals surface area contributed by atoms with E-state index in [1.54, 1.807) is 6.07 Å². The fraction of sp³-hybridized carbons (Fsp3) is 0.600. The van der Waals surface area contributed by atoms with Gasteiger partial charge in [-0.3, -0.25) is 0 Å². The average Bonchev–Trinajstić information content (AvgIpc) is 2.35. The van der Waals surface area contributed by atoms with Crippen molar-refractivity contribution in [2.24, 2.45) is 5.41 Å². The first-order valence-corrected chi connectivity index (χ1v) is 6.59. The molecule has 0 spiro atoms. The van der Waals surface area contributed by atoms with Crippen LogP contribution < -0.4 is 10.2 Å². The van der Waals surface area contributed by atoms with Gasteiger partial charge in [0.05, 0.1) is 5.69 Å². The van der Waals surface area contributed by atoms with Crippen LogP contribution in [0.25, 0.3) is 0 Å². The van der Waals surface area contributed by atoms with Crippen LogP contribution in [-0.4, -0.2) is 26.2 Å². The Labute approximate surface area is 110 Å². The summed E-state index contributed by atoms with van der Waals surface area (Å²) in [5, 5.41) is 3.28. The first-order valence-electron chi connectivity index (χ1n) is 6.59. The molecule has 0 saturated carbocycles. The molecule has 2 nitrogen and oxygen atoms in total. The second-order valence-corrected chi connectivity index (χ2v) is 5.46. The van der Waals surface area contributed by atoms with Crippen LogP contribution >= 0.6 is 0 Å². The molecule has 1 aromatic rings. The van der Waals surface area contributed by atoms with E-state index in [2.05, 4.69) is 37.9 Å². The Bertz CT molecular complexity index is 377. The highest BCUT2D eigenvalue weighted by molar-refractivity contribution is 5.47. The van der Waals surface area contributed by atoms with Crippen molar-refractivity contribution in [3.8, 4) is 0 Å². The van der Waals surface area contributed by atoms with E-state index >= 15 is 0 Å². The monoisotopic (exact) mass is 252 g/mol. The highest BCUT2D eigenvalue weighted by Gasteiger charge is 2.27. The summed E-state index contributed by atoms with van der Waals surface area (Å²) in [7, 11) is 1.96. The number of halogens is 1. The molecular weight excluding hydrogens is 227 g/mol. The van der Waals surface area contributed by atoms with Crippen molar-refractivity contribution in [3.63, 3.8) is 0 Å². The van der Waals surface area contributed by atoms with Crippen LogP contribution in [0.4, 0.5) is 10.1 Å². The maximum Gasteiger partial charge on any atom is 0.146 e. The zero-order chi connectivity index (χ0) is 13.8. The van der Waals surface area contributed by atoms with E-state index in [0.717, 1.165) is 13.1 Å². The number of nitrogens with zero attached hydrogens (tertiary/aromatic N) is 1. The minimum Gasteiger partial charge on any atom is -0.369 e. The minimum absolute atomic E-state index is 0.0764. The van der Waals surface area contributed by atoms with Crippen molar-refractivity contribution in [1.82, 2.24) is 5.32 Å². The lowest BCUT2D eigenvalue weighted by Crippen LogP contribution is -2.46. The molecular formula is C15H25FN2. The molecule has 0 radical (unpaired) electrons. The summed E-state index contributed by atoms with van der Waals surface area (Å²) in [6.45, 7) is 10.3. The molecule has 1 rings (SSSR count). The molecule has 0 heterocycles. The average molecular weight is 252 g/mol. The zero-order valence-corrected chi connectivity index (χ0v) is 12.1. The third kappa shape index (κ3) is 3.45. The van der Waals surface area contributed by atoms with E-state index in [1.165, 1.54) is 6.07 Å². The summed E-state index contributed by atoms with van der Waals surface area (Å²) < 4.78 is 13.8. The van der Waals surface area contributed by atoms with Crippen LogP contribution in [-0.2, 0) is 0 Å². The molecule has 3 heteroatoms. The highest BCUT2D eigenvalue weighted by atomic mass is 19.1. The molecule has 1 aromatic carbocycles. The van der Waals surface area contributed by atoms with Crippen molar-refractivity contribution >= 4 is 5.69 Å². The van der Waals surface area contributed by atoms with Crippen molar-refractivity contribution in [2.75, 3.05) is 25.0 Å². The van der Waals surface area contributed by atoms with E-state index in [0.29, 0.717) is 11.7 Å². The van der Waals surface area contributed by atoms with Crippen molar-refractivity contribution < 1.29 is 4.39 Å². The Morgan fingerprint density at radius 2 is 1.94 bits per heavy atom. The molecule has 0 aliphatic rings. The molecule has 0 fully saturated rings.